The molecule has 0 atom stereocenters. The maximum atomic E-state index is 12.2. The third kappa shape index (κ3) is 4.05. The number of ether oxygens (including phenoxy) is 1. The number of nitrogens with zero attached hydrogens (tertiary/aromatic N) is 2. The van der Waals surface area contributed by atoms with E-state index in [2.05, 4.69) is 4.98 Å². The van der Waals surface area contributed by atoms with Crippen LogP contribution in [0.3, 0.4) is 0 Å². The number of anilines is 1. The van der Waals surface area contributed by atoms with Gasteiger partial charge in [0.2, 0.25) is 5.91 Å². The Bertz CT molecular complexity index is 801. The highest BCUT2D eigenvalue weighted by Gasteiger charge is 2.22. The second kappa shape index (κ2) is 7.47. The Hall–Kier alpha value is -2.69. The number of benzene rings is 1. The molecule has 0 bridgehead atoms. The monoisotopic (exact) mass is 338 g/mol. The van der Waals surface area contributed by atoms with E-state index in [0.29, 0.717) is 25.0 Å². The minimum atomic E-state index is -0.320. The van der Waals surface area contributed by atoms with Crippen molar-refractivity contribution in [2.45, 2.75) is 32.6 Å². The standard InChI is InChI=1S/C20H22N2O3/c1-14-5-3-6-17(21-14)7-4-12-25-20(24)16-8-10-18-15(13-16)9-11-19(23)22(18)2/h3,5-6,8,10,13H,4,7,9,11-12H2,1-2H3. The molecule has 2 heterocycles. The molecule has 0 aliphatic carbocycles. The molecule has 5 heteroatoms. The smallest absolute Gasteiger partial charge is 0.338 e. The molecule has 1 amide bonds. The van der Waals surface area contributed by atoms with Gasteiger partial charge >= 0.3 is 5.97 Å². The molecule has 0 unspecified atom stereocenters. The summed E-state index contributed by atoms with van der Waals surface area (Å²) in [4.78, 5) is 30.0. The molecule has 1 aliphatic heterocycles. The van der Waals surface area contributed by atoms with Gasteiger partial charge in [-0.15, -0.1) is 0 Å². The number of aryl methyl sites for hydroxylation is 3. The van der Waals surface area contributed by atoms with Crippen molar-refractivity contribution in [1.82, 2.24) is 4.98 Å². The number of carbonyl (C=O) groups excluding carboxylic acids is 2. The fourth-order valence-electron chi connectivity index (χ4n) is 3.02. The van der Waals surface area contributed by atoms with Crippen molar-refractivity contribution >= 4 is 17.6 Å². The first-order valence-electron chi connectivity index (χ1n) is 8.54. The summed E-state index contributed by atoms with van der Waals surface area (Å²) in [6.07, 6.45) is 2.67. The predicted molar refractivity (Wildman–Crippen MR) is 95.8 cm³/mol. The third-order valence-corrected chi connectivity index (χ3v) is 4.42. The minimum absolute atomic E-state index is 0.104. The van der Waals surface area contributed by atoms with E-state index in [0.717, 1.165) is 35.5 Å². The fourth-order valence-corrected chi connectivity index (χ4v) is 3.02. The summed E-state index contributed by atoms with van der Waals surface area (Å²) >= 11 is 0. The molecule has 0 saturated carbocycles. The third-order valence-electron chi connectivity index (χ3n) is 4.42. The van der Waals surface area contributed by atoms with E-state index in [-0.39, 0.29) is 11.9 Å². The van der Waals surface area contributed by atoms with Gasteiger partial charge in [0.15, 0.2) is 0 Å². The van der Waals surface area contributed by atoms with Crippen LogP contribution in [0.15, 0.2) is 36.4 Å². The Kier molecular flexibility index (Phi) is 5.12. The van der Waals surface area contributed by atoms with Crippen LogP contribution in [0, 0.1) is 6.92 Å². The predicted octanol–water partition coefficient (Wildman–Crippen LogP) is 3.09. The molecule has 25 heavy (non-hydrogen) atoms. The van der Waals surface area contributed by atoms with Crippen molar-refractivity contribution in [3.63, 3.8) is 0 Å². The van der Waals surface area contributed by atoms with E-state index in [4.69, 9.17) is 4.74 Å². The zero-order chi connectivity index (χ0) is 17.8. The average molecular weight is 338 g/mol. The lowest BCUT2D eigenvalue weighted by atomic mass is 9.99. The summed E-state index contributed by atoms with van der Waals surface area (Å²) in [6.45, 7) is 2.33. The molecule has 1 aromatic carbocycles. The first-order valence-corrected chi connectivity index (χ1v) is 8.54. The van der Waals surface area contributed by atoms with Crippen LogP contribution >= 0.6 is 0 Å². The first kappa shape index (κ1) is 17.1. The Morgan fingerprint density at radius 2 is 2.08 bits per heavy atom. The number of amides is 1. The molecule has 130 valence electrons. The summed E-state index contributed by atoms with van der Waals surface area (Å²) in [5, 5.41) is 0. The second-order valence-corrected chi connectivity index (χ2v) is 6.31. The number of rotatable bonds is 5. The van der Waals surface area contributed by atoms with Crippen molar-refractivity contribution in [1.29, 1.82) is 0 Å². The van der Waals surface area contributed by atoms with Crippen LogP contribution in [0.5, 0.6) is 0 Å². The highest BCUT2D eigenvalue weighted by Crippen LogP contribution is 2.27. The van der Waals surface area contributed by atoms with Gasteiger partial charge in [-0.1, -0.05) is 6.07 Å². The molecular weight excluding hydrogens is 316 g/mol. The second-order valence-electron chi connectivity index (χ2n) is 6.31. The highest BCUT2D eigenvalue weighted by molar-refractivity contribution is 5.97. The van der Waals surface area contributed by atoms with Gasteiger partial charge < -0.3 is 9.64 Å². The normalized spacial score (nSPS) is 13.5. The minimum Gasteiger partial charge on any atom is -0.462 e. The van der Waals surface area contributed by atoms with Crippen LogP contribution in [0.2, 0.25) is 0 Å². The van der Waals surface area contributed by atoms with Crippen molar-refractivity contribution in [3.8, 4) is 0 Å². The quantitative estimate of drug-likeness (QED) is 0.621. The topological polar surface area (TPSA) is 59.5 Å². The number of aromatic nitrogens is 1. The first-order chi connectivity index (χ1) is 12.0. The van der Waals surface area contributed by atoms with E-state index >= 15 is 0 Å². The van der Waals surface area contributed by atoms with E-state index < -0.39 is 0 Å². The summed E-state index contributed by atoms with van der Waals surface area (Å²) in [7, 11) is 1.76. The molecule has 0 saturated heterocycles. The van der Waals surface area contributed by atoms with Crippen LogP contribution < -0.4 is 4.90 Å². The van der Waals surface area contributed by atoms with Gasteiger partial charge in [-0.05, 0) is 62.1 Å². The molecule has 3 rings (SSSR count). The molecule has 0 N–H and O–H groups in total. The number of pyridine rings is 1. The summed E-state index contributed by atoms with van der Waals surface area (Å²) in [5.74, 6) is -0.216. The zero-order valence-corrected chi connectivity index (χ0v) is 14.6. The SMILES string of the molecule is Cc1cccc(CCCOC(=O)c2ccc3c(c2)CCC(=O)N3C)n1. The molecule has 1 aliphatic rings. The fraction of sp³-hybridized carbons (Fsp3) is 0.350. The van der Waals surface area contributed by atoms with Crippen LogP contribution in [-0.2, 0) is 22.4 Å². The Morgan fingerprint density at radius 1 is 1.24 bits per heavy atom. The lowest BCUT2D eigenvalue weighted by Gasteiger charge is -2.25. The van der Waals surface area contributed by atoms with Gasteiger partial charge in [-0.25, -0.2) is 4.79 Å². The van der Waals surface area contributed by atoms with Gasteiger partial charge in [-0.2, -0.15) is 0 Å². The average Bonchev–Trinajstić information content (AvgIpc) is 2.61. The van der Waals surface area contributed by atoms with E-state index in [9.17, 15) is 9.59 Å². The largest absolute Gasteiger partial charge is 0.462 e. The van der Waals surface area contributed by atoms with Gasteiger partial charge in [0.1, 0.15) is 0 Å². The summed E-state index contributed by atoms with van der Waals surface area (Å²) in [5.41, 5.74) is 4.43. The molecule has 2 aromatic rings. The van der Waals surface area contributed by atoms with Crippen LogP contribution in [0.4, 0.5) is 5.69 Å². The maximum Gasteiger partial charge on any atom is 0.338 e. The van der Waals surface area contributed by atoms with Gasteiger partial charge in [0.25, 0.3) is 0 Å². The molecular formula is C20H22N2O3. The Balaban J connectivity index is 1.54. The van der Waals surface area contributed by atoms with Crippen LogP contribution in [-0.4, -0.2) is 30.5 Å². The Morgan fingerprint density at radius 3 is 2.88 bits per heavy atom. The van der Waals surface area contributed by atoms with Gasteiger partial charge in [-0.3, -0.25) is 9.78 Å². The van der Waals surface area contributed by atoms with Crippen molar-refractivity contribution in [2.75, 3.05) is 18.6 Å². The van der Waals surface area contributed by atoms with Gasteiger partial charge in [0.05, 0.1) is 12.2 Å². The molecule has 0 spiro atoms. The number of esters is 1. The number of fused-ring (bicyclic) bond motifs is 1. The number of hydrogen-bond acceptors (Lipinski definition) is 4. The van der Waals surface area contributed by atoms with Crippen molar-refractivity contribution in [3.05, 3.63) is 58.9 Å². The Labute approximate surface area is 147 Å². The number of carbonyl (C=O) groups is 2. The lowest BCUT2D eigenvalue weighted by molar-refractivity contribution is -0.118. The maximum absolute atomic E-state index is 12.2. The molecule has 0 radical (unpaired) electrons. The van der Waals surface area contributed by atoms with Crippen LogP contribution in [0.25, 0.3) is 0 Å². The van der Waals surface area contributed by atoms with E-state index in [1.807, 2.05) is 37.3 Å². The summed E-state index contributed by atoms with van der Waals surface area (Å²) < 4.78 is 5.37. The van der Waals surface area contributed by atoms with Gasteiger partial charge in [0, 0.05) is 30.5 Å². The van der Waals surface area contributed by atoms with E-state index in [1.165, 1.54) is 0 Å². The molecule has 0 fully saturated rings. The number of hydrogen-bond donors (Lipinski definition) is 0. The lowest BCUT2D eigenvalue weighted by Crippen LogP contribution is -2.31. The van der Waals surface area contributed by atoms with Crippen molar-refractivity contribution < 1.29 is 14.3 Å². The van der Waals surface area contributed by atoms with Crippen LogP contribution in [0.1, 0.15) is 40.2 Å². The van der Waals surface area contributed by atoms with E-state index in [1.54, 1.807) is 18.0 Å². The molecule has 5 nitrogen and oxygen atoms in total. The highest BCUT2D eigenvalue weighted by atomic mass is 16.5. The summed E-state index contributed by atoms with van der Waals surface area (Å²) in [6, 6.07) is 11.3. The molecule has 1 aromatic heterocycles. The van der Waals surface area contributed by atoms with Crippen molar-refractivity contribution in [2.24, 2.45) is 0 Å². The zero-order valence-electron chi connectivity index (χ0n) is 14.6.